The third-order valence-corrected chi connectivity index (χ3v) is 8.31. The van der Waals surface area contributed by atoms with Crippen molar-refractivity contribution >= 4 is 16.6 Å². The molecular weight excluding hydrogens is 430 g/mol. The van der Waals surface area contributed by atoms with Crippen LogP contribution in [0.5, 0.6) is 0 Å². The first kappa shape index (κ1) is 24.4. The van der Waals surface area contributed by atoms with E-state index in [-0.39, 0.29) is 0 Å². The van der Waals surface area contributed by atoms with Crippen LogP contribution in [0.1, 0.15) is 37.8 Å². The Bertz CT molecular complexity index is 1120. The van der Waals surface area contributed by atoms with Gasteiger partial charge < -0.3 is 15.2 Å². The van der Waals surface area contributed by atoms with Crippen molar-refractivity contribution in [3.05, 3.63) is 53.6 Å². The summed E-state index contributed by atoms with van der Waals surface area (Å²) in [5.74, 6) is 0. The predicted octanol–water partition coefficient (Wildman–Crippen LogP) is 5.04. The zero-order chi connectivity index (χ0) is 24.4. The molecule has 2 aromatic carbocycles. The molecule has 2 N–H and O–H groups in total. The minimum Gasteiger partial charge on any atom is -0.371 e. The molecule has 0 atom stereocenters. The summed E-state index contributed by atoms with van der Waals surface area (Å²) in [6, 6.07) is 16.9. The van der Waals surface area contributed by atoms with Gasteiger partial charge in [0.1, 0.15) is 0 Å². The molecule has 3 aromatic rings. The van der Waals surface area contributed by atoms with E-state index in [1.54, 1.807) is 0 Å². The van der Waals surface area contributed by atoms with E-state index in [1.165, 1.54) is 84.5 Å². The molecule has 5 rings (SSSR count). The second-order valence-electron chi connectivity index (χ2n) is 10.9. The van der Waals surface area contributed by atoms with Crippen LogP contribution in [-0.4, -0.2) is 79.2 Å². The molecule has 0 amide bonds. The van der Waals surface area contributed by atoms with Crippen LogP contribution in [0.3, 0.4) is 0 Å². The Hall–Kier alpha value is -2.34. The summed E-state index contributed by atoms with van der Waals surface area (Å²) in [6.45, 7) is 18.5. The molecule has 2 saturated heterocycles. The third kappa shape index (κ3) is 5.42. The molecule has 0 spiro atoms. The van der Waals surface area contributed by atoms with Crippen molar-refractivity contribution in [2.75, 3.05) is 57.3 Å². The molecule has 0 aliphatic carbocycles. The third-order valence-electron chi connectivity index (χ3n) is 8.31. The number of hydrogen-bond acceptors (Lipinski definition) is 4. The molecule has 3 heterocycles. The highest BCUT2D eigenvalue weighted by Crippen LogP contribution is 2.34. The second-order valence-corrected chi connectivity index (χ2v) is 10.9. The van der Waals surface area contributed by atoms with E-state index < -0.39 is 0 Å². The molecule has 2 aliphatic rings. The largest absolute Gasteiger partial charge is 0.371 e. The fourth-order valence-electron chi connectivity index (χ4n) is 5.90. The molecule has 188 valence electrons. The first-order chi connectivity index (χ1) is 17.0. The van der Waals surface area contributed by atoms with Crippen molar-refractivity contribution in [2.24, 2.45) is 0 Å². The van der Waals surface area contributed by atoms with Crippen LogP contribution >= 0.6 is 0 Å². The van der Waals surface area contributed by atoms with Crippen molar-refractivity contribution in [3.63, 3.8) is 0 Å². The quantitative estimate of drug-likeness (QED) is 0.504. The number of piperidine rings is 1. The van der Waals surface area contributed by atoms with Crippen LogP contribution in [0.2, 0.25) is 0 Å². The minimum atomic E-state index is 0.643. The van der Waals surface area contributed by atoms with Gasteiger partial charge in [-0.2, -0.15) is 0 Å². The maximum Gasteiger partial charge on any atom is 0.0497 e. The van der Waals surface area contributed by atoms with Gasteiger partial charge in [0.2, 0.25) is 0 Å². The summed E-state index contributed by atoms with van der Waals surface area (Å²) < 4.78 is 0. The highest BCUT2D eigenvalue weighted by Gasteiger charge is 2.22. The normalized spacial score (nSPS) is 18.7. The van der Waals surface area contributed by atoms with Crippen molar-refractivity contribution in [2.45, 2.75) is 52.6 Å². The fourth-order valence-corrected chi connectivity index (χ4v) is 5.90. The number of nitrogens with one attached hydrogen (secondary N) is 2. The second kappa shape index (κ2) is 10.7. The van der Waals surface area contributed by atoms with Gasteiger partial charge in [0.05, 0.1) is 0 Å². The van der Waals surface area contributed by atoms with Crippen molar-refractivity contribution in [3.8, 4) is 11.3 Å². The average Bonchev–Trinajstić information content (AvgIpc) is 3.21. The molecule has 0 radical (unpaired) electrons. The summed E-state index contributed by atoms with van der Waals surface area (Å²) in [4.78, 5) is 11.5. The van der Waals surface area contributed by atoms with Gasteiger partial charge in [-0.1, -0.05) is 24.3 Å². The van der Waals surface area contributed by atoms with Gasteiger partial charge in [-0.25, -0.2) is 0 Å². The van der Waals surface area contributed by atoms with Gasteiger partial charge in [-0.3, -0.25) is 9.80 Å². The summed E-state index contributed by atoms with van der Waals surface area (Å²) in [5.41, 5.74) is 7.83. The molecule has 0 saturated carbocycles. The summed E-state index contributed by atoms with van der Waals surface area (Å²) >= 11 is 0. The zero-order valence-corrected chi connectivity index (χ0v) is 22.1. The maximum absolute atomic E-state index is 3.86. The minimum absolute atomic E-state index is 0.643. The van der Waals surface area contributed by atoms with Gasteiger partial charge in [-0.15, -0.1) is 0 Å². The number of hydrogen-bond donors (Lipinski definition) is 2. The number of aromatic nitrogens is 1. The van der Waals surface area contributed by atoms with Crippen molar-refractivity contribution in [1.82, 2.24) is 20.1 Å². The number of benzene rings is 2. The fraction of sp³-hybridized carbons (Fsp3) is 0.533. The van der Waals surface area contributed by atoms with Crippen LogP contribution in [0.25, 0.3) is 22.2 Å². The van der Waals surface area contributed by atoms with Gasteiger partial charge in [0.25, 0.3) is 0 Å². The number of para-hydroxylation sites is 1. The smallest absolute Gasteiger partial charge is 0.0497 e. The standard InChI is InChI=1S/C30H43N5/c1-22(2)34-19-17-33(18-20-34)16-13-31-25-11-14-35(15-12-25)26-10-9-23(3)28(21-26)30-24(4)27-7-5-6-8-29(27)32-30/h5-10,21-22,25,31-32H,11-20H2,1-4H3. The first-order valence-electron chi connectivity index (χ1n) is 13.6. The van der Waals surface area contributed by atoms with E-state index in [1.807, 2.05) is 0 Å². The lowest BCUT2D eigenvalue weighted by atomic mass is 9.99. The van der Waals surface area contributed by atoms with E-state index in [2.05, 4.69) is 95.2 Å². The Kier molecular flexibility index (Phi) is 7.47. The van der Waals surface area contributed by atoms with Crippen LogP contribution in [-0.2, 0) is 0 Å². The Morgan fingerprint density at radius 1 is 0.943 bits per heavy atom. The van der Waals surface area contributed by atoms with E-state index in [0.717, 1.165) is 19.6 Å². The number of rotatable bonds is 7. The van der Waals surface area contributed by atoms with Crippen LogP contribution < -0.4 is 10.2 Å². The van der Waals surface area contributed by atoms with E-state index in [0.29, 0.717) is 12.1 Å². The van der Waals surface area contributed by atoms with E-state index in [4.69, 9.17) is 0 Å². The van der Waals surface area contributed by atoms with Crippen molar-refractivity contribution in [1.29, 1.82) is 0 Å². The summed E-state index contributed by atoms with van der Waals surface area (Å²) in [7, 11) is 0. The number of H-pyrrole nitrogens is 1. The highest BCUT2D eigenvalue weighted by molar-refractivity contribution is 5.91. The number of piperazine rings is 1. The zero-order valence-electron chi connectivity index (χ0n) is 22.1. The van der Waals surface area contributed by atoms with E-state index in [9.17, 15) is 0 Å². The molecule has 2 aliphatic heterocycles. The Morgan fingerprint density at radius 2 is 1.69 bits per heavy atom. The van der Waals surface area contributed by atoms with Crippen LogP contribution in [0.15, 0.2) is 42.5 Å². The number of aromatic amines is 1. The predicted molar refractivity (Wildman–Crippen MR) is 150 cm³/mol. The highest BCUT2D eigenvalue weighted by atomic mass is 15.3. The van der Waals surface area contributed by atoms with Crippen LogP contribution in [0.4, 0.5) is 5.69 Å². The molecule has 0 unspecified atom stereocenters. The average molecular weight is 474 g/mol. The Balaban J connectivity index is 1.15. The molecule has 1 aromatic heterocycles. The van der Waals surface area contributed by atoms with Gasteiger partial charge >= 0.3 is 0 Å². The lowest BCUT2D eigenvalue weighted by molar-refractivity contribution is 0.108. The molecule has 2 fully saturated rings. The first-order valence-corrected chi connectivity index (χ1v) is 13.6. The van der Waals surface area contributed by atoms with Gasteiger partial charge in [0.15, 0.2) is 0 Å². The van der Waals surface area contributed by atoms with Crippen LogP contribution in [0, 0.1) is 13.8 Å². The molecule has 0 bridgehead atoms. The Labute approximate surface area is 211 Å². The number of nitrogens with zero attached hydrogens (tertiary/aromatic N) is 3. The SMILES string of the molecule is Cc1ccc(N2CCC(NCCN3CCN(C(C)C)CC3)CC2)cc1-c1[nH]c2ccccc2c1C. The van der Waals surface area contributed by atoms with E-state index >= 15 is 0 Å². The molecule has 5 nitrogen and oxygen atoms in total. The molecule has 35 heavy (non-hydrogen) atoms. The lowest BCUT2D eigenvalue weighted by Crippen LogP contribution is -2.51. The maximum atomic E-state index is 3.86. The van der Waals surface area contributed by atoms with Gasteiger partial charge in [-0.05, 0) is 69.9 Å². The van der Waals surface area contributed by atoms with Gasteiger partial charge in [0, 0.05) is 92.3 Å². The molecule has 5 heteroatoms. The Morgan fingerprint density at radius 3 is 2.40 bits per heavy atom. The monoisotopic (exact) mass is 473 g/mol. The number of aryl methyl sites for hydroxylation is 2. The summed E-state index contributed by atoms with van der Waals surface area (Å²) in [5, 5.41) is 5.18. The number of anilines is 1. The topological polar surface area (TPSA) is 37.5 Å². The molecular formula is C30H43N5. The summed E-state index contributed by atoms with van der Waals surface area (Å²) in [6.07, 6.45) is 2.44. The lowest BCUT2D eigenvalue weighted by Gasteiger charge is -2.38. The van der Waals surface area contributed by atoms with Crippen molar-refractivity contribution < 1.29 is 0 Å². The number of fused-ring (bicyclic) bond motifs is 1.